The Kier molecular flexibility index (Phi) is 4.95. The van der Waals surface area contributed by atoms with Crippen molar-refractivity contribution in [1.82, 2.24) is 9.55 Å². The third-order valence-corrected chi connectivity index (χ3v) is 4.52. The monoisotopic (exact) mass is 314 g/mol. The van der Waals surface area contributed by atoms with Crippen LogP contribution in [-0.2, 0) is 27.3 Å². The maximum absolute atomic E-state index is 11.3. The van der Waals surface area contributed by atoms with Gasteiger partial charge in [0.05, 0.1) is 25.2 Å². The number of rotatable bonds is 7. The molecule has 0 spiro atoms. The van der Waals surface area contributed by atoms with Crippen molar-refractivity contribution in [3.63, 3.8) is 0 Å². The Morgan fingerprint density at radius 2 is 2.30 bits per heavy atom. The predicted molar refractivity (Wildman–Crippen MR) is 79.3 cm³/mol. The first-order valence-electron chi connectivity index (χ1n) is 6.30. The van der Waals surface area contributed by atoms with Gasteiger partial charge in [-0.15, -0.1) is 11.3 Å². The van der Waals surface area contributed by atoms with E-state index < -0.39 is 10.1 Å². The van der Waals surface area contributed by atoms with Gasteiger partial charge in [-0.3, -0.25) is 4.18 Å². The molecule has 0 aromatic carbocycles. The van der Waals surface area contributed by atoms with Crippen molar-refractivity contribution < 1.29 is 12.6 Å². The van der Waals surface area contributed by atoms with Crippen molar-refractivity contribution in [2.75, 3.05) is 6.26 Å². The molecule has 0 aliphatic heterocycles. The van der Waals surface area contributed by atoms with Gasteiger partial charge in [-0.2, -0.15) is 8.42 Å². The Labute approximate surface area is 123 Å². The van der Waals surface area contributed by atoms with Crippen molar-refractivity contribution in [1.29, 1.82) is 0 Å². The predicted octanol–water partition coefficient (Wildman–Crippen LogP) is 2.23. The van der Waals surface area contributed by atoms with E-state index in [1.165, 1.54) is 10.4 Å². The van der Waals surface area contributed by atoms with Gasteiger partial charge in [-0.25, -0.2) is 4.98 Å². The maximum atomic E-state index is 11.3. The fourth-order valence-corrected chi connectivity index (χ4v) is 3.52. The molecule has 2 aromatic heterocycles. The summed E-state index contributed by atoms with van der Waals surface area (Å²) in [7, 11) is -3.46. The van der Waals surface area contributed by atoms with Crippen molar-refractivity contribution in [3.8, 4) is 0 Å². The largest absolute Gasteiger partial charge is 0.335 e. The van der Waals surface area contributed by atoms with E-state index in [1.807, 2.05) is 4.57 Å². The van der Waals surface area contributed by atoms with E-state index in [4.69, 9.17) is 4.18 Å². The van der Waals surface area contributed by atoms with Crippen LogP contribution in [0.4, 0.5) is 0 Å². The Hall–Kier alpha value is -1.18. The molecule has 0 radical (unpaired) electrons. The minimum absolute atomic E-state index is 0.374. The molecule has 0 fully saturated rings. The Bertz CT molecular complexity index is 632. The number of aromatic nitrogens is 2. The number of thiophene rings is 1. The quantitative estimate of drug-likeness (QED) is 0.735. The lowest BCUT2D eigenvalue weighted by atomic mass is 10.1. The van der Waals surface area contributed by atoms with Crippen LogP contribution < -0.4 is 0 Å². The molecular weight excluding hydrogens is 296 g/mol. The normalized spacial score (nSPS) is 13.5. The molecule has 20 heavy (non-hydrogen) atoms. The third kappa shape index (κ3) is 5.07. The molecule has 0 N–H and O–H groups in total. The second-order valence-corrected chi connectivity index (χ2v) is 7.41. The molecule has 110 valence electrons. The summed E-state index contributed by atoms with van der Waals surface area (Å²) in [6, 6.07) is 2.12. The molecule has 2 rings (SSSR count). The van der Waals surface area contributed by atoms with Gasteiger partial charge in [0.15, 0.2) is 0 Å². The minimum atomic E-state index is -3.46. The van der Waals surface area contributed by atoms with E-state index in [1.54, 1.807) is 30.1 Å². The summed E-state index contributed by atoms with van der Waals surface area (Å²) in [5.41, 5.74) is 1.24. The molecule has 0 bridgehead atoms. The van der Waals surface area contributed by atoms with Crippen molar-refractivity contribution in [2.24, 2.45) is 0 Å². The van der Waals surface area contributed by atoms with Gasteiger partial charge >= 0.3 is 0 Å². The van der Waals surface area contributed by atoms with Gasteiger partial charge in [-0.1, -0.05) is 0 Å². The molecule has 1 atom stereocenters. The summed E-state index contributed by atoms with van der Waals surface area (Å²) >= 11 is 1.69. The van der Waals surface area contributed by atoms with Gasteiger partial charge in [0.25, 0.3) is 10.1 Å². The third-order valence-electron chi connectivity index (χ3n) is 2.78. The first kappa shape index (κ1) is 15.2. The van der Waals surface area contributed by atoms with Crippen molar-refractivity contribution in [2.45, 2.75) is 32.4 Å². The van der Waals surface area contributed by atoms with Gasteiger partial charge in [-0.05, 0) is 36.8 Å². The van der Waals surface area contributed by atoms with E-state index >= 15 is 0 Å². The van der Waals surface area contributed by atoms with E-state index in [2.05, 4.69) is 23.4 Å². The minimum Gasteiger partial charge on any atom is -0.335 e. The second kappa shape index (κ2) is 6.51. The lowest BCUT2D eigenvalue weighted by Gasteiger charge is -2.16. The number of imidazole rings is 1. The first-order chi connectivity index (χ1) is 9.42. The highest BCUT2D eigenvalue weighted by atomic mass is 32.2. The molecule has 2 aromatic rings. The van der Waals surface area contributed by atoms with Crippen LogP contribution in [0.2, 0.25) is 0 Å². The Morgan fingerprint density at radius 1 is 1.50 bits per heavy atom. The molecular formula is C13H18N2O3S2. The van der Waals surface area contributed by atoms with E-state index in [-0.39, 0.29) is 6.10 Å². The van der Waals surface area contributed by atoms with E-state index in [9.17, 15) is 8.42 Å². The molecule has 7 heteroatoms. The van der Waals surface area contributed by atoms with Crippen LogP contribution in [0, 0.1) is 6.92 Å². The molecule has 0 saturated heterocycles. The highest BCUT2D eigenvalue weighted by molar-refractivity contribution is 7.86. The topological polar surface area (TPSA) is 61.2 Å². The van der Waals surface area contributed by atoms with Crippen LogP contribution in [0.25, 0.3) is 0 Å². The smallest absolute Gasteiger partial charge is 0.264 e. The summed E-state index contributed by atoms with van der Waals surface area (Å²) in [5.74, 6) is 0. The number of aryl methyl sites for hydroxylation is 2. The van der Waals surface area contributed by atoms with Crippen LogP contribution in [0.1, 0.15) is 16.9 Å². The molecule has 0 aliphatic carbocycles. The summed E-state index contributed by atoms with van der Waals surface area (Å²) < 4.78 is 29.7. The average molecular weight is 314 g/mol. The second-order valence-electron chi connectivity index (χ2n) is 4.81. The van der Waals surface area contributed by atoms with Gasteiger partial charge in [0, 0.05) is 17.3 Å². The van der Waals surface area contributed by atoms with Gasteiger partial charge < -0.3 is 4.57 Å². The lowest BCUT2D eigenvalue weighted by Crippen LogP contribution is -2.23. The Balaban J connectivity index is 1.98. The molecule has 0 amide bonds. The highest BCUT2D eigenvalue weighted by Gasteiger charge is 2.16. The molecule has 1 unspecified atom stereocenters. The number of hydrogen-bond donors (Lipinski definition) is 0. The molecule has 2 heterocycles. The summed E-state index contributed by atoms with van der Waals surface area (Å²) in [6.07, 6.45) is 7.31. The van der Waals surface area contributed by atoms with Gasteiger partial charge in [0.1, 0.15) is 0 Å². The first-order valence-corrected chi connectivity index (χ1v) is 9.00. The lowest BCUT2D eigenvalue weighted by molar-refractivity contribution is 0.180. The SMILES string of the molecule is Cc1csc(CCC(Cn2ccnc2)OS(C)(=O)=O)c1. The number of hydrogen-bond acceptors (Lipinski definition) is 5. The standard InChI is InChI=1S/C13H18N2O3S2/c1-11-7-13(19-9-11)4-3-12(18-20(2,16)17)8-15-6-5-14-10-15/h5-7,9-10,12H,3-4,8H2,1-2H3. The molecule has 0 aliphatic rings. The molecule has 0 saturated carbocycles. The maximum Gasteiger partial charge on any atom is 0.264 e. The van der Waals surface area contributed by atoms with Crippen molar-refractivity contribution in [3.05, 3.63) is 40.6 Å². The number of nitrogens with zero attached hydrogens (tertiary/aromatic N) is 2. The van der Waals surface area contributed by atoms with Gasteiger partial charge in [0.2, 0.25) is 0 Å². The van der Waals surface area contributed by atoms with Crippen LogP contribution in [0.15, 0.2) is 30.2 Å². The van der Waals surface area contributed by atoms with E-state index in [0.29, 0.717) is 13.0 Å². The van der Waals surface area contributed by atoms with Crippen LogP contribution in [0.3, 0.4) is 0 Å². The fourth-order valence-electron chi connectivity index (χ4n) is 1.97. The zero-order valence-electron chi connectivity index (χ0n) is 11.5. The van der Waals surface area contributed by atoms with Crippen LogP contribution >= 0.6 is 11.3 Å². The molecule has 5 nitrogen and oxygen atoms in total. The van der Waals surface area contributed by atoms with E-state index in [0.717, 1.165) is 12.7 Å². The zero-order valence-corrected chi connectivity index (χ0v) is 13.2. The van der Waals surface area contributed by atoms with Crippen molar-refractivity contribution >= 4 is 21.5 Å². The Morgan fingerprint density at radius 3 is 2.85 bits per heavy atom. The van der Waals surface area contributed by atoms with Crippen LogP contribution in [-0.4, -0.2) is 30.3 Å². The summed E-state index contributed by atoms with van der Waals surface area (Å²) in [6.45, 7) is 2.54. The fraction of sp³-hybridized carbons (Fsp3) is 0.462. The summed E-state index contributed by atoms with van der Waals surface area (Å²) in [5, 5.41) is 2.09. The average Bonchev–Trinajstić information content (AvgIpc) is 2.96. The summed E-state index contributed by atoms with van der Waals surface area (Å²) in [4.78, 5) is 5.20. The highest BCUT2D eigenvalue weighted by Crippen LogP contribution is 2.18. The van der Waals surface area contributed by atoms with Crippen LogP contribution in [0.5, 0.6) is 0 Å². The zero-order chi connectivity index (χ0) is 14.6.